The third-order valence-corrected chi connectivity index (χ3v) is 12.3. The number of ether oxygens (including phenoxy) is 2. The molecule has 4 rings (SSSR count). The topological polar surface area (TPSA) is 18.5 Å². The SMILES string of the molecule is COc1ccc(C2([Se])CC(c3ccccc3)CC([Se])(c3ccc(OC)cc3)[Se]2)cc1. The number of benzene rings is 3. The second-order valence-electron chi connectivity index (χ2n) is 7.58. The van der Waals surface area contributed by atoms with E-state index in [1.54, 1.807) is 14.2 Å². The molecule has 0 amide bonds. The molecule has 5 heteroatoms. The Kier molecular flexibility index (Phi) is 6.70. The van der Waals surface area contributed by atoms with Gasteiger partial charge in [0.2, 0.25) is 0 Å². The summed E-state index contributed by atoms with van der Waals surface area (Å²) in [6.45, 7) is 0. The van der Waals surface area contributed by atoms with Crippen molar-refractivity contribution in [2.45, 2.75) is 25.2 Å². The number of rotatable bonds is 5. The van der Waals surface area contributed by atoms with E-state index in [0.717, 1.165) is 24.3 Å². The van der Waals surface area contributed by atoms with E-state index < -0.39 is 0 Å². The van der Waals surface area contributed by atoms with Crippen LogP contribution in [0, 0.1) is 0 Å². The Hall–Kier alpha value is -1.18. The zero-order valence-corrected chi connectivity index (χ0v) is 22.2. The summed E-state index contributed by atoms with van der Waals surface area (Å²) in [6, 6.07) is 28.1. The molecule has 1 aliphatic rings. The van der Waals surface area contributed by atoms with Crippen LogP contribution >= 0.6 is 0 Å². The van der Waals surface area contributed by atoms with E-state index >= 15 is 0 Å². The fourth-order valence-electron chi connectivity index (χ4n) is 4.07. The number of hydrogen-bond donors (Lipinski definition) is 0. The van der Waals surface area contributed by atoms with Crippen molar-refractivity contribution in [1.29, 1.82) is 0 Å². The van der Waals surface area contributed by atoms with Crippen LogP contribution in [0.1, 0.15) is 35.4 Å². The van der Waals surface area contributed by atoms with Crippen LogP contribution < -0.4 is 9.47 Å². The average Bonchev–Trinajstić information content (AvgIpc) is 2.79. The molecule has 0 bridgehead atoms. The molecule has 1 heterocycles. The summed E-state index contributed by atoms with van der Waals surface area (Å²) in [4.78, 5) is 0. The minimum absolute atomic E-state index is 0.0107. The van der Waals surface area contributed by atoms with Crippen LogP contribution in [-0.2, 0) is 6.42 Å². The van der Waals surface area contributed by atoms with Crippen molar-refractivity contribution in [2.24, 2.45) is 0 Å². The van der Waals surface area contributed by atoms with Crippen molar-refractivity contribution >= 4 is 47.0 Å². The predicted molar refractivity (Wildman–Crippen MR) is 125 cm³/mol. The molecule has 0 saturated carbocycles. The van der Waals surface area contributed by atoms with Crippen LogP contribution in [0.4, 0.5) is 0 Å². The van der Waals surface area contributed by atoms with Crippen molar-refractivity contribution in [1.82, 2.24) is 0 Å². The third kappa shape index (κ3) is 4.53. The zero-order chi connectivity index (χ0) is 21.2. The average molecular weight is 593 g/mol. The molecule has 0 N–H and O–H groups in total. The van der Waals surface area contributed by atoms with E-state index in [-0.39, 0.29) is 21.4 Å². The molecule has 2 atom stereocenters. The van der Waals surface area contributed by atoms with Crippen molar-refractivity contribution in [3.05, 3.63) is 95.6 Å². The van der Waals surface area contributed by atoms with E-state index in [4.69, 9.17) is 9.47 Å². The van der Waals surface area contributed by atoms with E-state index in [2.05, 4.69) is 111 Å². The Morgan fingerprint density at radius 2 is 1.13 bits per heavy atom. The Morgan fingerprint density at radius 1 is 0.700 bits per heavy atom. The van der Waals surface area contributed by atoms with Gasteiger partial charge in [0.15, 0.2) is 0 Å². The second-order valence-corrected chi connectivity index (χ2v) is 16.5. The predicted octanol–water partition coefficient (Wildman–Crippen LogP) is 4.33. The zero-order valence-electron chi connectivity index (χ0n) is 17.0. The van der Waals surface area contributed by atoms with Gasteiger partial charge < -0.3 is 0 Å². The van der Waals surface area contributed by atoms with Gasteiger partial charge in [0.25, 0.3) is 0 Å². The molecule has 1 fully saturated rings. The molecule has 154 valence electrons. The summed E-state index contributed by atoms with van der Waals surface area (Å²) in [7, 11) is 3.43. The van der Waals surface area contributed by atoms with Gasteiger partial charge in [-0.2, -0.15) is 0 Å². The molecule has 0 aromatic heterocycles. The standard InChI is InChI=1S/C25H24O2Se3/c1-26-22-12-8-20(9-13-22)24(28)16-19(18-6-4-3-5-7-18)17-25(29,30-24)21-10-14-23(27-2)15-11-21/h3-15,19H,16-17H2,1-2H3. The van der Waals surface area contributed by atoms with Gasteiger partial charge in [-0.05, 0) is 0 Å². The van der Waals surface area contributed by atoms with Crippen LogP contribution in [0.2, 0.25) is 0 Å². The minimum atomic E-state index is -0.0107. The van der Waals surface area contributed by atoms with E-state index in [1.165, 1.54) is 16.7 Å². The summed E-state index contributed by atoms with van der Waals surface area (Å²) in [5.74, 6) is 2.26. The van der Waals surface area contributed by atoms with Crippen LogP contribution in [-0.4, -0.2) is 61.2 Å². The van der Waals surface area contributed by atoms with Crippen molar-refractivity contribution < 1.29 is 9.47 Å². The van der Waals surface area contributed by atoms with Crippen molar-refractivity contribution in [3.8, 4) is 11.5 Å². The quantitative estimate of drug-likeness (QED) is 0.411. The van der Waals surface area contributed by atoms with Crippen LogP contribution in [0.3, 0.4) is 0 Å². The number of methoxy groups -OCH3 is 2. The first-order valence-electron chi connectivity index (χ1n) is 9.91. The summed E-state index contributed by atoms with van der Waals surface area (Å²) < 4.78 is 10.8. The molecular weight excluding hydrogens is 569 g/mol. The van der Waals surface area contributed by atoms with E-state index in [1.807, 2.05) is 0 Å². The van der Waals surface area contributed by atoms with Gasteiger partial charge in [0, 0.05) is 0 Å². The van der Waals surface area contributed by atoms with Gasteiger partial charge in [-0.25, -0.2) is 0 Å². The van der Waals surface area contributed by atoms with Gasteiger partial charge in [-0.3, -0.25) is 0 Å². The van der Waals surface area contributed by atoms with Crippen molar-refractivity contribution in [3.63, 3.8) is 0 Å². The van der Waals surface area contributed by atoms with Gasteiger partial charge in [-0.15, -0.1) is 0 Å². The molecule has 2 unspecified atom stereocenters. The Balaban J connectivity index is 1.76. The van der Waals surface area contributed by atoms with Gasteiger partial charge >= 0.3 is 203 Å². The molecule has 30 heavy (non-hydrogen) atoms. The van der Waals surface area contributed by atoms with Crippen LogP contribution in [0.15, 0.2) is 78.9 Å². The normalized spacial score (nSPS) is 26.2. The molecule has 0 spiro atoms. The first kappa shape index (κ1) is 22.0. The number of hydrogen-bond acceptors (Lipinski definition) is 2. The maximum absolute atomic E-state index is 5.39. The van der Waals surface area contributed by atoms with E-state index in [9.17, 15) is 0 Å². The van der Waals surface area contributed by atoms with Gasteiger partial charge in [0.05, 0.1) is 0 Å². The summed E-state index contributed by atoms with van der Waals surface area (Å²) in [5.41, 5.74) is 4.10. The maximum atomic E-state index is 5.39. The van der Waals surface area contributed by atoms with Crippen LogP contribution in [0.25, 0.3) is 0 Å². The van der Waals surface area contributed by atoms with Crippen LogP contribution in [0.5, 0.6) is 11.5 Å². The third-order valence-electron chi connectivity index (χ3n) is 5.69. The molecule has 3 aromatic rings. The second kappa shape index (κ2) is 9.13. The van der Waals surface area contributed by atoms with Crippen molar-refractivity contribution in [2.75, 3.05) is 14.2 Å². The molecule has 3 aromatic carbocycles. The molecule has 1 aliphatic heterocycles. The fraction of sp³-hybridized carbons (Fsp3) is 0.280. The Bertz CT molecular complexity index is 914. The molecule has 2 nitrogen and oxygen atoms in total. The first-order valence-corrected chi connectivity index (χ1v) is 13.3. The molecule has 2 radical (unpaired) electrons. The Labute approximate surface area is 201 Å². The fourth-order valence-corrected chi connectivity index (χ4v) is 13.4. The summed E-state index contributed by atoms with van der Waals surface area (Å²) in [6.07, 6.45) is 2.20. The Morgan fingerprint density at radius 3 is 1.53 bits per heavy atom. The monoisotopic (exact) mass is 596 g/mol. The summed E-state index contributed by atoms with van der Waals surface area (Å²) >= 11 is 7.54. The molecular formula is C25H24O2Se3. The molecule has 0 aliphatic carbocycles. The van der Waals surface area contributed by atoms with Gasteiger partial charge in [-0.1, -0.05) is 0 Å². The van der Waals surface area contributed by atoms with E-state index in [0.29, 0.717) is 5.92 Å². The molecule has 1 saturated heterocycles. The van der Waals surface area contributed by atoms with Gasteiger partial charge in [0.1, 0.15) is 0 Å². The summed E-state index contributed by atoms with van der Waals surface area (Å²) in [5, 5.41) is 0. The first-order chi connectivity index (χ1) is 14.5.